The van der Waals surface area contributed by atoms with Crippen molar-refractivity contribution in [2.45, 2.75) is 26.9 Å². The van der Waals surface area contributed by atoms with Crippen LogP contribution in [0.3, 0.4) is 0 Å². The van der Waals surface area contributed by atoms with Crippen LogP contribution in [-0.2, 0) is 13.0 Å². The molecular formula is C12H14O2. The number of fused-ring (bicyclic) bond motifs is 1. The van der Waals surface area contributed by atoms with Gasteiger partial charge in [0, 0.05) is 10.9 Å². The molecule has 1 aromatic heterocycles. The fourth-order valence-corrected chi connectivity index (χ4v) is 1.88. The Bertz CT molecular complexity index is 455. The van der Waals surface area contributed by atoms with Crippen molar-refractivity contribution >= 4 is 11.0 Å². The molecule has 0 spiro atoms. The topological polar surface area (TPSA) is 33.4 Å². The summed E-state index contributed by atoms with van der Waals surface area (Å²) in [5, 5.41) is 10.3. The monoisotopic (exact) mass is 190 g/mol. The zero-order chi connectivity index (χ0) is 10.1. The van der Waals surface area contributed by atoms with E-state index in [-0.39, 0.29) is 6.61 Å². The van der Waals surface area contributed by atoms with E-state index in [9.17, 15) is 0 Å². The first kappa shape index (κ1) is 9.28. The lowest BCUT2D eigenvalue weighted by Gasteiger charge is -1.98. The lowest BCUT2D eigenvalue weighted by molar-refractivity contribution is 0.250. The van der Waals surface area contributed by atoms with E-state index in [2.05, 4.69) is 13.0 Å². The fraction of sp³-hybridized carbons (Fsp3) is 0.333. The molecule has 1 aromatic carbocycles. The van der Waals surface area contributed by atoms with Crippen LogP contribution in [0.5, 0.6) is 0 Å². The van der Waals surface area contributed by atoms with Crippen molar-refractivity contribution in [3.8, 4) is 0 Å². The second-order valence-electron chi connectivity index (χ2n) is 3.45. The van der Waals surface area contributed by atoms with Gasteiger partial charge < -0.3 is 9.52 Å². The molecule has 0 fully saturated rings. The molecule has 1 N–H and O–H groups in total. The van der Waals surface area contributed by atoms with Crippen LogP contribution >= 0.6 is 0 Å². The van der Waals surface area contributed by atoms with Crippen molar-refractivity contribution < 1.29 is 9.52 Å². The minimum absolute atomic E-state index is 0.0241. The van der Waals surface area contributed by atoms with Gasteiger partial charge in [0.2, 0.25) is 0 Å². The van der Waals surface area contributed by atoms with Gasteiger partial charge in [-0.3, -0.25) is 0 Å². The number of aliphatic hydroxyl groups is 1. The SMILES string of the molecule is CCc1cccc2oc(CO)c(C)c12. The minimum atomic E-state index is -0.0241. The largest absolute Gasteiger partial charge is 0.458 e. The molecule has 1 heterocycles. The van der Waals surface area contributed by atoms with Gasteiger partial charge in [0.05, 0.1) is 0 Å². The second-order valence-corrected chi connectivity index (χ2v) is 3.45. The van der Waals surface area contributed by atoms with E-state index >= 15 is 0 Å². The van der Waals surface area contributed by atoms with Crippen molar-refractivity contribution in [3.63, 3.8) is 0 Å². The van der Waals surface area contributed by atoms with Crippen molar-refractivity contribution in [2.24, 2.45) is 0 Å². The number of hydrogen-bond donors (Lipinski definition) is 1. The average Bonchev–Trinajstić information content (AvgIpc) is 2.55. The normalized spacial score (nSPS) is 11.1. The van der Waals surface area contributed by atoms with Gasteiger partial charge >= 0.3 is 0 Å². The molecule has 2 nitrogen and oxygen atoms in total. The number of aliphatic hydroxyl groups excluding tert-OH is 1. The highest BCUT2D eigenvalue weighted by Gasteiger charge is 2.11. The van der Waals surface area contributed by atoms with Crippen molar-refractivity contribution in [3.05, 3.63) is 35.1 Å². The number of hydrogen-bond acceptors (Lipinski definition) is 2. The van der Waals surface area contributed by atoms with Crippen LogP contribution in [0.4, 0.5) is 0 Å². The molecule has 0 saturated heterocycles. The second kappa shape index (κ2) is 3.46. The summed E-state index contributed by atoms with van der Waals surface area (Å²) in [7, 11) is 0. The maximum atomic E-state index is 9.09. The summed E-state index contributed by atoms with van der Waals surface area (Å²) in [6.07, 6.45) is 0.989. The van der Waals surface area contributed by atoms with Gasteiger partial charge in [-0.1, -0.05) is 19.1 Å². The molecular weight excluding hydrogens is 176 g/mol. The standard InChI is InChI=1S/C12H14O2/c1-3-9-5-4-6-10-12(9)8(2)11(7-13)14-10/h4-6,13H,3,7H2,1-2H3. The van der Waals surface area contributed by atoms with E-state index < -0.39 is 0 Å². The smallest absolute Gasteiger partial charge is 0.134 e. The van der Waals surface area contributed by atoms with Gasteiger partial charge in [0.1, 0.15) is 18.0 Å². The Morgan fingerprint density at radius 3 is 2.79 bits per heavy atom. The van der Waals surface area contributed by atoms with Crippen LogP contribution in [0, 0.1) is 6.92 Å². The molecule has 0 aliphatic carbocycles. The maximum absolute atomic E-state index is 9.09. The summed E-state index contributed by atoms with van der Waals surface area (Å²) in [4.78, 5) is 0. The summed E-state index contributed by atoms with van der Waals surface area (Å²) in [5.74, 6) is 0.681. The molecule has 2 rings (SSSR count). The van der Waals surface area contributed by atoms with Gasteiger partial charge in [0.15, 0.2) is 0 Å². The van der Waals surface area contributed by atoms with Gasteiger partial charge in [-0.2, -0.15) is 0 Å². The first-order valence-corrected chi connectivity index (χ1v) is 4.88. The average molecular weight is 190 g/mol. The molecule has 74 valence electrons. The van der Waals surface area contributed by atoms with Gasteiger partial charge in [-0.15, -0.1) is 0 Å². The van der Waals surface area contributed by atoms with E-state index in [0.29, 0.717) is 5.76 Å². The highest BCUT2D eigenvalue weighted by Crippen LogP contribution is 2.28. The molecule has 0 atom stereocenters. The third-order valence-corrected chi connectivity index (χ3v) is 2.66. The summed E-state index contributed by atoms with van der Waals surface area (Å²) in [6.45, 7) is 4.10. The van der Waals surface area contributed by atoms with Crippen molar-refractivity contribution in [2.75, 3.05) is 0 Å². The van der Waals surface area contributed by atoms with Crippen LogP contribution in [0.25, 0.3) is 11.0 Å². The first-order valence-electron chi connectivity index (χ1n) is 4.88. The van der Waals surface area contributed by atoms with Crippen molar-refractivity contribution in [1.82, 2.24) is 0 Å². The van der Waals surface area contributed by atoms with E-state index in [1.165, 1.54) is 10.9 Å². The number of rotatable bonds is 2. The Balaban J connectivity index is 2.79. The Kier molecular flexibility index (Phi) is 2.30. The molecule has 2 heteroatoms. The van der Waals surface area contributed by atoms with E-state index in [1.54, 1.807) is 0 Å². The third kappa shape index (κ3) is 1.23. The van der Waals surface area contributed by atoms with E-state index in [0.717, 1.165) is 17.6 Å². The van der Waals surface area contributed by atoms with Gasteiger partial charge in [-0.25, -0.2) is 0 Å². The van der Waals surface area contributed by atoms with Crippen LogP contribution in [0.15, 0.2) is 22.6 Å². The molecule has 0 aliphatic heterocycles. The molecule has 0 amide bonds. The molecule has 0 saturated carbocycles. The highest BCUT2D eigenvalue weighted by atomic mass is 16.4. The Labute approximate surface area is 83.2 Å². The van der Waals surface area contributed by atoms with Gasteiger partial charge in [0.25, 0.3) is 0 Å². The van der Waals surface area contributed by atoms with Crippen LogP contribution in [0.1, 0.15) is 23.8 Å². The summed E-state index contributed by atoms with van der Waals surface area (Å²) >= 11 is 0. The minimum Gasteiger partial charge on any atom is -0.458 e. The lowest BCUT2D eigenvalue weighted by Crippen LogP contribution is -1.84. The molecule has 14 heavy (non-hydrogen) atoms. The Hall–Kier alpha value is -1.28. The third-order valence-electron chi connectivity index (χ3n) is 2.66. The lowest BCUT2D eigenvalue weighted by atomic mass is 10.0. The molecule has 0 radical (unpaired) electrons. The molecule has 0 unspecified atom stereocenters. The summed E-state index contributed by atoms with van der Waals surface area (Å²) < 4.78 is 5.54. The van der Waals surface area contributed by atoms with Gasteiger partial charge in [-0.05, 0) is 25.0 Å². The van der Waals surface area contributed by atoms with Crippen molar-refractivity contribution in [1.29, 1.82) is 0 Å². The van der Waals surface area contributed by atoms with E-state index in [4.69, 9.17) is 9.52 Å². The first-order chi connectivity index (χ1) is 6.77. The van der Waals surface area contributed by atoms with Crippen LogP contribution in [-0.4, -0.2) is 5.11 Å². The highest BCUT2D eigenvalue weighted by molar-refractivity contribution is 5.85. The quantitative estimate of drug-likeness (QED) is 0.790. The van der Waals surface area contributed by atoms with Crippen LogP contribution in [0.2, 0.25) is 0 Å². The predicted octanol–water partition coefficient (Wildman–Crippen LogP) is 2.80. The Morgan fingerprint density at radius 1 is 1.36 bits per heavy atom. The summed E-state index contributed by atoms with van der Waals surface area (Å²) in [6, 6.07) is 6.04. The zero-order valence-electron chi connectivity index (χ0n) is 8.50. The number of aryl methyl sites for hydroxylation is 2. The maximum Gasteiger partial charge on any atom is 0.134 e. The molecule has 2 aromatic rings. The van der Waals surface area contributed by atoms with Crippen LogP contribution < -0.4 is 0 Å². The fourth-order valence-electron chi connectivity index (χ4n) is 1.88. The zero-order valence-corrected chi connectivity index (χ0v) is 8.50. The van der Waals surface area contributed by atoms with E-state index in [1.807, 2.05) is 19.1 Å². The molecule has 0 aliphatic rings. The Morgan fingerprint density at radius 2 is 2.14 bits per heavy atom. The predicted molar refractivity (Wildman–Crippen MR) is 56.3 cm³/mol. The molecule has 0 bridgehead atoms. The summed E-state index contributed by atoms with van der Waals surface area (Å²) in [5.41, 5.74) is 3.23. The number of benzene rings is 1. The number of furan rings is 1.